The molecule has 7 heteroatoms. The van der Waals surface area contributed by atoms with E-state index in [1.807, 2.05) is 6.07 Å². The minimum atomic E-state index is -1.62. The van der Waals surface area contributed by atoms with Crippen molar-refractivity contribution in [1.29, 1.82) is 0 Å². The second-order valence-corrected chi connectivity index (χ2v) is 8.00. The number of ketones is 1. The maximum Gasteiger partial charge on any atom is 0.234 e. The van der Waals surface area contributed by atoms with Crippen molar-refractivity contribution in [3.63, 3.8) is 0 Å². The van der Waals surface area contributed by atoms with Gasteiger partial charge in [0.2, 0.25) is 5.91 Å². The zero-order valence-electron chi connectivity index (χ0n) is 14.2. The van der Waals surface area contributed by atoms with Crippen LogP contribution in [0.4, 0.5) is 5.69 Å². The molecule has 1 aromatic rings. The quantitative estimate of drug-likeness (QED) is 0.865. The Labute approximate surface area is 150 Å². The number of carbonyl (C=O) groups excluding carboxylic acids is 2. The molecule has 1 unspecified atom stereocenters. The molecular weight excluding hydrogens is 348 g/mol. The Morgan fingerprint density at radius 3 is 2.42 bits per heavy atom. The SMILES string of the molecule is CC(=O)C1CCN(c2ccc(S(=O)NC(=O)C(C)C)cc2Cl)CC1. The minimum Gasteiger partial charge on any atom is -0.370 e. The van der Waals surface area contributed by atoms with Crippen molar-refractivity contribution >= 4 is 40.0 Å². The number of amides is 1. The lowest BCUT2D eigenvalue weighted by Gasteiger charge is -2.33. The van der Waals surface area contributed by atoms with E-state index < -0.39 is 11.0 Å². The molecule has 0 bridgehead atoms. The number of nitrogens with zero attached hydrogens (tertiary/aromatic N) is 1. The third-order valence-electron chi connectivity index (χ3n) is 4.26. The highest BCUT2D eigenvalue weighted by Crippen LogP contribution is 2.31. The van der Waals surface area contributed by atoms with Gasteiger partial charge in [-0.3, -0.25) is 14.3 Å². The van der Waals surface area contributed by atoms with E-state index in [0.29, 0.717) is 9.92 Å². The molecule has 0 aromatic heterocycles. The monoisotopic (exact) mass is 370 g/mol. The van der Waals surface area contributed by atoms with Crippen LogP contribution >= 0.6 is 11.6 Å². The molecule has 1 aliphatic heterocycles. The summed E-state index contributed by atoms with van der Waals surface area (Å²) in [6.45, 7) is 6.68. The molecule has 1 aromatic carbocycles. The average molecular weight is 371 g/mol. The number of Topliss-reactive ketones (excluding diaryl/α,β-unsaturated/α-hetero) is 1. The molecular formula is C17H23ClN2O3S. The Balaban J connectivity index is 2.06. The molecule has 1 aliphatic rings. The number of piperidine rings is 1. The van der Waals surface area contributed by atoms with E-state index in [9.17, 15) is 13.8 Å². The molecule has 1 heterocycles. The molecule has 0 saturated carbocycles. The highest BCUT2D eigenvalue weighted by molar-refractivity contribution is 7.83. The van der Waals surface area contributed by atoms with E-state index in [1.165, 1.54) is 0 Å². The second-order valence-electron chi connectivity index (χ2n) is 6.37. The number of hydrogen-bond donors (Lipinski definition) is 1. The predicted molar refractivity (Wildman–Crippen MR) is 96.5 cm³/mol. The molecule has 24 heavy (non-hydrogen) atoms. The third-order valence-corrected chi connectivity index (χ3v) is 5.63. The predicted octanol–water partition coefficient (Wildman–Crippen LogP) is 2.94. The maximum absolute atomic E-state index is 12.2. The van der Waals surface area contributed by atoms with Crippen LogP contribution in [-0.2, 0) is 20.6 Å². The highest BCUT2D eigenvalue weighted by Gasteiger charge is 2.24. The Morgan fingerprint density at radius 1 is 1.29 bits per heavy atom. The van der Waals surface area contributed by atoms with Gasteiger partial charge in [-0.15, -0.1) is 0 Å². The molecule has 1 saturated heterocycles. The zero-order valence-corrected chi connectivity index (χ0v) is 15.7. The van der Waals surface area contributed by atoms with E-state index in [0.717, 1.165) is 31.6 Å². The van der Waals surface area contributed by atoms with Crippen molar-refractivity contribution < 1.29 is 13.8 Å². The summed E-state index contributed by atoms with van der Waals surface area (Å²) in [7, 11) is -1.62. The van der Waals surface area contributed by atoms with E-state index in [-0.39, 0.29) is 23.5 Å². The van der Waals surface area contributed by atoms with Crippen LogP contribution in [0.15, 0.2) is 23.1 Å². The number of nitrogens with one attached hydrogen (secondary N) is 1. The molecule has 0 spiro atoms. The number of anilines is 1. The van der Waals surface area contributed by atoms with Crippen LogP contribution in [0.5, 0.6) is 0 Å². The fraction of sp³-hybridized carbons (Fsp3) is 0.529. The molecule has 0 radical (unpaired) electrons. The normalized spacial score (nSPS) is 17.0. The van der Waals surface area contributed by atoms with Gasteiger partial charge in [-0.2, -0.15) is 0 Å². The van der Waals surface area contributed by atoms with E-state index in [2.05, 4.69) is 9.62 Å². The summed E-state index contributed by atoms with van der Waals surface area (Å²) in [6.07, 6.45) is 1.65. The van der Waals surface area contributed by atoms with Crippen molar-refractivity contribution in [2.75, 3.05) is 18.0 Å². The number of carbonyl (C=O) groups is 2. The summed E-state index contributed by atoms with van der Waals surface area (Å²) in [5.74, 6) is -0.114. The van der Waals surface area contributed by atoms with Crippen LogP contribution in [0.3, 0.4) is 0 Å². The average Bonchev–Trinajstić information content (AvgIpc) is 2.54. The summed E-state index contributed by atoms with van der Waals surface area (Å²) < 4.78 is 14.7. The van der Waals surface area contributed by atoms with Crippen molar-refractivity contribution in [3.8, 4) is 0 Å². The van der Waals surface area contributed by atoms with Crippen LogP contribution < -0.4 is 9.62 Å². The first kappa shape index (κ1) is 18.9. The van der Waals surface area contributed by atoms with Crippen molar-refractivity contribution in [1.82, 2.24) is 4.72 Å². The molecule has 2 rings (SSSR count). The van der Waals surface area contributed by atoms with E-state index in [1.54, 1.807) is 32.9 Å². The van der Waals surface area contributed by atoms with Crippen LogP contribution in [0.1, 0.15) is 33.6 Å². The van der Waals surface area contributed by atoms with Gasteiger partial charge in [0, 0.05) is 24.9 Å². The molecule has 132 valence electrons. The van der Waals surface area contributed by atoms with Crippen LogP contribution in [0, 0.1) is 11.8 Å². The number of hydrogen-bond acceptors (Lipinski definition) is 4. The van der Waals surface area contributed by atoms with Gasteiger partial charge in [-0.25, -0.2) is 4.21 Å². The smallest absolute Gasteiger partial charge is 0.234 e. The molecule has 1 amide bonds. The third kappa shape index (κ3) is 4.57. The first-order valence-corrected chi connectivity index (χ1v) is 9.59. The molecule has 1 N–H and O–H groups in total. The van der Waals surface area contributed by atoms with Gasteiger partial charge in [0.25, 0.3) is 0 Å². The van der Waals surface area contributed by atoms with Gasteiger partial charge in [-0.05, 0) is 38.0 Å². The summed E-state index contributed by atoms with van der Waals surface area (Å²) in [5.41, 5.74) is 0.870. The first-order valence-electron chi connectivity index (χ1n) is 8.06. The summed E-state index contributed by atoms with van der Waals surface area (Å²) in [6, 6.07) is 5.17. The van der Waals surface area contributed by atoms with Gasteiger partial charge < -0.3 is 4.90 Å². The van der Waals surface area contributed by atoms with Crippen molar-refractivity contribution in [2.45, 2.75) is 38.5 Å². The Kier molecular flexibility index (Phi) is 6.40. The summed E-state index contributed by atoms with van der Waals surface area (Å²) in [5, 5.41) is 0.501. The van der Waals surface area contributed by atoms with Crippen LogP contribution in [0.25, 0.3) is 0 Å². The minimum absolute atomic E-state index is 0.137. The zero-order chi connectivity index (χ0) is 17.9. The highest BCUT2D eigenvalue weighted by atomic mass is 35.5. The lowest BCUT2D eigenvalue weighted by atomic mass is 9.93. The molecule has 1 atom stereocenters. The van der Waals surface area contributed by atoms with Gasteiger partial charge in [0.05, 0.1) is 15.6 Å². The fourth-order valence-corrected chi connectivity index (χ4v) is 3.97. The van der Waals surface area contributed by atoms with Gasteiger partial charge in [0.1, 0.15) is 5.78 Å². The first-order chi connectivity index (χ1) is 11.3. The number of rotatable bonds is 5. The van der Waals surface area contributed by atoms with Crippen LogP contribution in [-0.4, -0.2) is 29.0 Å². The standard InChI is InChI=1S/C17H23ClN2O3S/c1-11(2)17(22)19-24(23)14-4-5-16(15(18)10-14)20-8-6-13(7-9-20)12(3)21/h4-5,10-11,13H,6-9H2,1-3H3,(H,19,22). The summed E-state index contributed by atoms with van der Waals surface area (Å²) >= 11 is 6.35. The topological polar surface area (TPSA) is 66.5 Å². The lowest BCUT2D eigenvalue weighted by Crippen LogP contribution is -2.36. The number of benzene rings is 1. The Hall–Kier alpha value is -1.40. The molecule has 0 aliphatic carbocycles. The Morgan fingerprint density at radius 2 is 1.92 bits per heavy atom. The van der Waals surface area contributed by atoms with Crippen molar-refractivity contribution in [3.05, 3.63) is 23.2 Å². The summed E-state index contributed by atoms with van der Waals surface area (Å²) in [4.78, 5) is 25.7. The lowest BCUT2D eigenvalue weighted by molar-refractivity contribution is -0.122. The van der Waals surface area contributed by atoms with Gasteiger partial charge >= 0.3 is 0 Å². The Bertz CT molecular complexity index is 655. The second kappa shape index (κ2) is 8.12. The van der Waals surface area contributed by atoms with Crippen LogP contribution in [0.2, 0.25) is 5.02 Å². The number of halogens is 1. The molecule has 1 fully saturated rings. The largest absolute Gasteiger partial charge is 0.370 e. The van der Waals surface area contributed by atoms with Gasteiger partial charge in [0.15, 0.2) is 11.0 Å². The van der Waals surface area contributed by atoms with E-state index in [4.69, 9.17) is 11.6 Å². The molecule has 5 nitrogen and oxygen atoms in total. The van der Waals surface area contributed by atoms with E-state index >= 15 is 0 Å². The maximum atomic E-state index is 12.2. The fourth-order valence-electron chi connectivity index (χ4n) is 2.65. The van der Waals surface area contributed by atoms with Gasteiger partial charge in [-0.1, -0.05) is 25.4 Å². The van der Waals surface area contributed by atoms with Crippen molar-refractivity contribution in [2.24, 2.45) is 11.8 Å².